The van der Waals surface area contributed by atoms with E-state index in [0.717, 1.165) is 96.3 Å². The molecule has 1 unspecified atom stereocenters. The molecule has 0 aromatic heterocycles. The standard InChI is InChI=1S/C57H94O6/c1-4-7-10-13-16-19-21-23-25-26-27-28-29-30-32-33-35-38-41-44-47-50-56(59)62-53-54(52-61-55(58)49-46-43-40-37-18-15-12-9-6-3)63-57(60)51-48-45-42-39-36-34-31-24-22-20-17-14-11-8-5-2/h8,11,17,20-21,23-24,26-27,29-31,36,39,45,48,54H,4-7,9-10,12-16,18-19,22,25,28,32-35,37-38,40-44,46-47,49-53H2,1-3H3/b11-8-,20-17-,23-21-,27-26-,30-29-,31-24-,39-36-,48-45-. The first-order chi connectivity index (χ1) is 31.0. The first-order valence-electron chi connectivity index (χ1n) is 25.7. The van der Waals surface area contributed by atoms with E-state index in [9.17, 15) is 14.4 Å². The third-order valence-electron chi connectivity index (χ3n) is 10.6. The second-order valence-electron chi connectivity index (χ2n) is 16.7. The summed E-state index contributed by atoms with van der Waals surface area (Å²) < 4.78 is 16.6. The molecule has 6 nitrogen and oxygen atoms in total. The fraction of sp³-hybridized carbons (Fsp3) is 0.667. The lowest BCUT2D eigenvalue weighted by Gasteiger charge is -2.18. The van der Waals surface area contributed by atoms with Crippen LogP contribution in [0.3, 0.4) is 0 Å². The average molecular weight is 875 g/mol. The first kappa shape index (κ1) is 59.3. The SMILES string of the molecule is CC/C=C\C/C=C\C/C=C\C/C=C\C/C=C\CC(=O)OC(COC(=O)CCCCCCCC/C=C\C/C=C\C/C=C\CCCCCCC)COC(=O)CCCCCCCCCCC. The number of esters is 3. The van der Waals surface area contributed by atoms with Crippen LogP contribution in [0.15, 0.2) is 97.2 Å². The molecule has 0 bridgehead atoms. The van der Waals surface area contributed by atoms with Crippen LogP contribution in [-0.2, 0) is 28.6 Å². The summed E-state index contributed by atoms with van der Waals surface area (Å²) in [7, 11) is 0. The molecule has 0 saturated carbocycles. The molecule has 0 rings (SSSR count). The quantitative estimate of drug-likeness (QED) is 0.0262. The summed E-state index contributed by atoms with van der Waals surface area (Å²) in [6.45, 7) is 6.38. The number of hydrogen-bond acceptors (Lipinski definition) is 6. The lowest BCUT2D eigenvalue weighted by Crippen LogP contribution is -2.30. The zero-order valence-electron chi connectivity index (χ0n) is 40.8. The van der Waals surface area contributed by atoms with Crippen LogP contribution in [0, 0.1) is 0 Å². The zero-order chi connectivity index (χ0) is 45.8. The van der Waals surface area contributed by atoms with Gasteiger partial charge in [-0.25, -0.2) is 0 Å². The van der Waals surface area contributed by atoms with Gasteiger partial charge in [-0.15, -0.1) is 0 Å². The van der Waals surface area contributed by atoms with E-state index >= 15 is 0 Å². The van der Waals surface area contributed by atoms with E-state index < -0.39 is 12.1 Å². The zero-order valence-corrected chi connectivity index (χ0v) is 40.8. The van der Waals surface area contributed by atoms with Crippen molar-refractivity contribution in [1.29, 1.82) is 0 Å². The summed E-state index contributed by atoms with van der Waals surface area (Å²) >= 11 is 0. The van der Waals surface area contributed by atoms with Gasteiger partial charge in [-0.2, -0.15) is 0 Å². The minimum absolute atomic E-state index is 0.0927. The molecule has 0 heterocycles. The molecule has 0 amide bonds. The molecular weight excluding hydrogens is 781 g/mol. The fourth-order valence-electron chi connectivity index (χ4n) is 6.76. The highest BCUT2D eigenvalue weighted by molar-refractivity contribution is 5.72. The number of carbonyl (C=O) groups is 3. The highest BCUT2D eigenvalue weighted by atomic mass is 16.6. The third kappa shape index (κ3) is 49.2. The Balaban J connectivity index is 4.44. The van der Waals surface area contributed by atoms with Gasteiger partial charge in [0.05, 0.1) is 6.42 Å². The van der Waals surface area contributed by atoms with Crippen molar-refractivity contribution in [2.24, 2.45) is 0 Å². The van der Waals surface area contributed by atoms with E-state index in [1.54, 1.807) is 6.08 Å². The molecule has 0 N–H and O–H groups in total. The Bertz CT molecular complexity index is 1280. The van der Waals surface area contributed by atoms with Gasteiger partial charge >= 0.3 is 17.9 Å². The molecule has 0 radical (unpaired) electrons. The van der Waals surface area contributed by atoms with Crippen LogP contribution in [0.5, 0.6) is 0 Å². The Morgan fingerprint density at radius 2 is 0.667 bits per heavy atom. The average Bonchev–Trinajstić information content (AvgIpc) is 3.28. The topological polar surface area (TPSA) is 78.9 Å². The minimum Gasteiger partial charge on any atom is -0.462 e. The molecule has 0 aliphatic heterocycles. The van der Waals surface area contributed by atoms with E-state index in [0.29, 0.717) is 12.8 Å². The maximum absolute atomic E-state index is 12.7. The van der Waals surface area contributed by atoms with Crippen molar-refractivity contribution in [1.82, 2.24) is 0 Å². The summed E-state index contributed by atoms with van der Waals surface area (Å²) in [6.07, 6.45) is 67.1. The molecule has 0 saturated heterocycles. The van der Waals surface area contributed by atoms with E-state index in [1.165, 1.54) is 89.9 Å². The summed E-state index contributed by atoms with van der Waals surface area (Å²) in [5.74, 6) is -1.07. The van der Waals surface area contributed by atoms with Gasteiger partial charge in [0.15, 0.2) is 6.10 Å². The van der Waals surface area contributed by atoms with Gasteiger partial charge in [-0.3, -0.25) is 14.4 Å². The van der Waals surface area contributed by atoms with Crippen molar-refractivity contribution in [3.63, 3.8) is 0 Å². The lowest BCUT2D eigenvalue weighted by atomic mass is 10.1. The van der Waals surface area contributed by atoms with Gasteiger partial charge in [-0.1, -0.05) is 221 Å². The van der Waals surface area contributed by atoms with Gasteiger partial charge in [0.1, 0.15) is 13.2 Å². The Hall–Kier alpha value is -3.67. The van der Waals surface area contributed by atoms with Crippen molar-refractivity contribution in [2.75, 3.05) is 13.2 Å². The normalized spacial score (nSPS) is 12.9. The number of carbonyl (C=O) groups excluding carboxylic acids is 3. The molecule has 63 heavy (non-hydrogen) atoms. The van der Waals surface area contributed by atoms with Crippen LogP contribution in [-0.4, -0.2) is 37.2 Å². The maximum atomic E-state index is 12.7. The molecule has 0 spiro atoms. The predicted molar refractivity (Wildman–Crippen MR) is 270 cm³/mol. The third-order valence-corrected chi connectivity index (χ3v) is 10.6. The molecule has 6 heteroatoms. The predicted octanol–water partition coefficient (Wildman–Crippen LogP) is 17.0. The molecule has 0 fully saturated rings. The van der Waals surface area contributed by atoms with E-state index in [4.69, 9.17) is 14.2 Å². The molecule has 0 aliphatic rings. The molecule has 0 aliphatic carbocycles. The fourth-order valence-corrected chi connectivity index (χ4v) is 6.76. The molecule has 1 atom stereocenters. The van der Waals surface area contributed by atoms with Crippen molar-refractivity contribution in [2.45, 2.75) is 232 Å². The Kier molecular flexibility index (Phi) is 48.0. The number of rotatable bonds is 45. The second-order valence-corrected chi connectivity index (χ2v) is 16.7. The summed E-state index contributed by atoms with van der Waals surface area (Å²) in [5.41, 5.74) is 0. The monoisotopic (exact) mass is 875 g/mol. The van der Waals surface area contributed by atoms with Gasteiger partial charge < -0.3 is 14.2 Å². The van der Waals surface area contributed by atoms with Gasteiger partial charge in [0.2, 0.25) is 0 Å². The number of hydrogen-bond donors (Lipinski definition) is 0. The van der Waals surface area contributed by atoms with Crippen LogP contribution in [0.25, 0.3) is 0 Å². The van der Waals surface area contributed by atoms with Gasteiger partial charge in [-0.05, 0) is 83.5 Å². The lowest BCUT2D eigenvalue weighted by molar-refractivity contribution is -0.166. The highest BCUT2D eigenvalue weighted by Crippen LogP contribution is 2.13. The Labute approximate surface area is 387 Å². The van der Waals surface area contributed by atoms with Gasteiger partial charge in [0, 0.05) is 12.8 Å². The largest absolute Gasteiger partial charge is 0.462 e. The van der Waals surface area contributed by atoms with Crippen molar-refractivity contribution in [3.05, 3.63) is 97.2 Å². The van der Waals surface area contributed by atoms with E-state index in [2.05, 4.69) is 106 Å². The van der Waals surface area contributed by atoms with E-state index in [-0.39, 0.29) is 31.6 Å². The van der Waals surface area contributed by atoms with Crippen LogP contribution < -0.4 is 0 Å². The molecule has 0 aromatic carbocycles. The first-order valence-corrected chi connectivity index (χ1v) is 25.7. The number of allylic oxidation sites excluding steroid dienone is 15. The van der Waals surface area contributed by atoms with Gasteiger partial charge in [0.25, 0.3) is 0 Å². The maximum Gasteiger partial charge on any atom is 0.310 e. The summed E-state index contributed by atoms with van der Waals surface area (Å²) in [5, 5.41) is 0. The van der Waals surface area contributed by atoms with E-state index in [1.807, 2.05) is 6.08 Å². The van der Waals surface area contributed by atoms with Crippen LogP contribution >= 0.6 is 0 Å². The highest BCUT2D eigenvalue weighted by Gasteiger charge is 2.19. The van der Waals surface area contributed by atoms with Crippen molar-refractivity contribution >= 4 is 17.9 Å². The number of unbranched alkanes of at least 4 members (excludes halogenated alkanes) is 19. The Morgan fingerprint density at radius 3 is 1.05 bits per heavy atom. The minimum atomic E-state index is -0.835. The van der Waals surface area contributed by atoms with Crippen molar-refractivity contribution < 1.29 is 28.6 Å². The van der Waals surface area contributed by atoms with Crippen molar-refractivity contribution in [3.8, 4) is 0 Å². The smallest absolute Gasteiger partial charge is 0.310 e. The second kappa shape index (κ2) is 51.0. The summed E-state index contributed by atoms with van der Waals surface area (Å²) in [4.78, 5) is 37.8. The van der Waals surface area contributed by atoms with Crippen LogP contribution in [0.1, 0.15) is 226 Å². The molecule has 358 valence electrons. The van der Waals surface area contributed by atoms with Crippen LogP contribution in [0.2, 0.25) is 0 Å². The Morgan fingerprint density at radius 1 is 0.349 bits per heavy atom. The summed E-state index contributed by atoms with van der Waals surface area (Å²) in [6, 6.07) is 0. The molecule has 0 aromatic rings. The number of ether oxygens (including phenoxy) is 3. The van der Waals surface area contributed by atoms with Crippen LogP contribution in [0.4, 0.5) is 0 Å². The molecular formula is C57H94O6.